The molecular formula is C17H34O3Si4. The summed E-state index contributed by atoms with van der Waals surface area (Å²) in [7, 11) is -7.39. The van der Waals surface area contributed by atoms with Crippen molar-refractivity contribution >= 4 is 45.5 Å². The van der Waals surface area contributed by atoms with E-state index in [-0.39, 0.29) is 0 Å². The van der Waals surface area contributed by atoms with Crippen molar-refractivity contribution in [2.75, 3.05) is 6.23 Å². The van der Waals surface area contributed by atoms with Gasteiger partial charge >= 0.3 is 8.56 Å². The first-order chi connectivity index (χ1) is 10.9. The van der Waals surface area contributed by atoms with Gasteiger partial charge in [0.15, 0.2) is 25.7 Å². The highest BCUT2D eigenvalue weighted by molar-refractivity contribution is 6.95. The second-order valence-electron chi connectivity index (χ2n) is 8.37. The Morgan fingerprint density at radius 2 is 1.38 bits per heavy atom. The van der Waals surface area contributed by atoms with Gasteiger partial charge in [-0.3, -0.25) is 0 Å². The summed E-state index contributed by atoms with van der Waals surface area (Å²) in [6.07, 6.45) is 2.46. The van der Waals surface area contributed by atoms with Gasteiger partial charge in [0.1, 0.15) is 0 Å². The molecular weight excluding hydrogens is 365 g/mol. The van der Waals surface area contributed by atoms with Crippen molar-refractivity contribution in [3.05, 3.63) is 36.4 Å². The predicted molar refractivity (Wildman–Crippen MR) is 116 cm³/mol. The van der Waals surface area contributed by atoms with Crippen LogP contribution in [0.4, 0.5) is 0 Å². The lowest BCUT2D eigenvalue weighted by atomic mass is 10.2. The summed E-state index contributed by atoms with van der Waals surface area (Å²) < 4.78 is 19.7. The summed E-state index contributed by atoms with van der Waals surface area (Å²) in [6.45, 7) is 21.6. The summed E-state index contributed by atoms with van der Waals surface area (Å²) >= 11 is 0. The molecule has 0 saturated carbocycles. The van der Waals surface area contributed by atoms with Crippen molar-refractivity contribution in [1.82, 2.24) is 0 Å². The Labute approximate surface area is 153 Å². The van der Waals surface area contributed by atoms with E-state index in [0.29, 0.717) is 6.23 Å². The molecule has 24 heavy (non-hydrogen) atoms. The van der Waals surface area contributed by atoms with E-state index < -0.39 is 34.2 Å². The first-order valence-electron chi connectivity index (χ1n) is 8.62. The van der Waals surface area contributed by atoms with Gasteiger partial charge < -0.3 is 12.7 Å². The Kier molecular flexibility index (Phi) is 7.61. The molecule has 1 rings (SSSR count). The molecule has 1 aromatic carbocycles. The van der Waals surface area contributed by atoms with Gasteiger partial charge in [-0.05, 0) is 63.1 Å². The van der Waals surface area contributed by atoms with Gasteiger partial charge in [-0.2, -0.15) is 0 Å². The van der Waals surface area contributed by atoms with Crippen LogP contribution in [-0.2, 0) is 12.7 Å². The molecule has 0 heterocycles. The molecule has 0 N–H and O–H groups in total. The molecule has 0 saturated heterocycles. The van der Waals surface area contributed by atoms with Gasteiger partial charge in [0.05, 0.1) is 6.23 Å². The largest absolute Gasteiger partial charge is 0.432 e. The molecule has 0 aromatic heterocycles. The Morgan fingerprint density at radius 1 is 0.917 bits per heavy atom. The molecule has 1 aromatic rings. The zero-order valence-corrected chi connectivity index (χ0v) is 20.8. The molecule has 0 aliphatic heterocycles. The molecule has 0 radical (unpaired) electrons. The fraction of sp³-hybridized carbons (Fsp3) is 0.529. The third-order valence-electron chi connectivity index (χ3n) is 3.14. The maximum Gasteiger partial charge on any atom is 0.377 e. The summed E-state index contributed by atoms with van der Waals surface area (Å²) in [6, 6.07) is 8.49. The maximum atomic E-state index is 6.77. The second kappa shape index (κ2) is 8.39. The molecule has 0 bridgehead atoms. The average Bonchev–Trinajstić information content (AvgIpc) is 2.41. The highest BCUT2D eigenvalue weighted by Crippen LogP contribution is 2.22. The topological polar surface area (TPSA) is 27.7 Å². The minimum atomic E-state index is -2.64. The van der Waals surface area contributed by atoms with E-state index in [9.17, 15) is 0 Å². The lowest BCUT2D eigenvalue weighted by molar-refractivity contribution is 0.304. The first kappa shape index (κ1) is 21.7. The third-order valence-corrected chi connectivity index (χ3v) is 13.6. The fourth-order valence-corrected chi connectivity index (χ4v) is 15.3. The predicted octanol–water partition coefficient (Wildman–Crippen LogP) is 4.22. The zero-order chi connectivity index (χ0) is 18.6. The molecule has 136 valence electrons. The minimum Gasteiger partial charge on any atom is -0.432 e. The van der Waals surface area contributed by atoms with Gasteiger partial charge in [-0.25, -0.2) is 0 Å². The van der Waals surface area contributed by atoms with E-state index in [1.165, 1.54) is 5.19 Å². The number of hydrogen-bond donors (Lipinski definition) is 0. The Bertz CT molecular complexity index is 514. The molecule has 0 aliphatic carbocycles. The van der Waals surface area contributed by atoms with Crippen molar-refractivity contribution < 1.29 is 12.7 Å². The quantitative estimate of drug-likeness (QED) is 0.583. The molecule has 3 nitrogen and oxygen atoms in total. The van der Waals surface area contributed by atoms with Crippen LogP contribution in [0.3, 0.4) is 0 Å². The molecule has 0 spiro atoms. The normalized spacial score (nSPS) is 13.4. The van der Waals surface area contributed by atoms with Crippen LogP contribution in [-0.4, -0.2) is 40.5 Å². The van der Waals surface area contributed by atoms with Crippen LogP contribution >= 0.6 is 0 Å². The van der Waals surface area contributed by atoms with Gasteiger partial charge in [0.2, 0.25) is 0 Å². The summed E-state index contributed by atoms with van der Waals surface area (Å²) in [4.78, 5) is 0. The van der Waals surface area contributed by atoms with Crippen LogP contribution in [0.5, 0.6) is 0 Å². The van der Waals surface area contributed by atoms with E-state index in [1.54, 1.807) is 0 Å². The molecule has 7 heteroatoms. The van der Waals surface area contributed by atoms with Gasteiger partial charge in [0, 0.05) is 0 Å². The zero-order valence-electron chi connectivity index (χ0n) is 16.6. The maximum absolute atomic E-state index is 6.77. The summed E-state index contributed by atoms with van der Waals surface area (Å²) in [5, 5.41) is 1.17. The van der Waals surface area contributed by atoms with E-state index >= 15 is 0 Å². The molecule has 0 aliphatic rings. The monoisotopic (exact) mass is 398 g/mol. The number of rotatable bonds is 9. The lowest BCUT2D eigenvalue weighted by Crippen LogP contribution is -2.65. The van der Waals surface area contributed by atoms with Crippen molar-refractivity contribution in [2.24, 2.45) is 0 Å². The Hall–Kier alpha value is -0.292. The Morgan fingerprint density at radius 3 is 1.71 bits per heavy atom. The van der Waals surface area contributed by atoms with Crippen LogP contribution < -0.4 is 5.19 Å². The van der Waals surface area contributed by atoms with Crippen molar-refractivity contribution in [3.8, 4) is 0 Å². The van der Waals surface area contributed by atoms with E-state index in [4.69, 9.17) is 12.7 Å². The van der Waals surface area contributed by atoms with E-state index in [1.807, 2.05) is 6.08 Å². The molecule has 0 unspecified atom stereocenters. The fourth-order valence-electron chi connectivity index (χ4n) is 2.42. The van der Waals surface area contributed by atoms with Crippen molar-refractivity contribution in [3.63, 3.8) is 0 Å². The van der Waals surface area contributed by atoms with Crippen LogP contribution in [0.15, 0.2) is 30.8 Å². The summed E-state index contributed by atoms with van der Waals surface area (Å²) in [5.41, 5.74) is 1.11. The van der Waals surface area contributed by atoms with Gasteiger partial charge in [-0.1, -0.05) is 36.9 Å². The van der Waals surface area contributed by atoms with Crippen LogP contribution in [0, 0.1) is 0 Å². The SMILES string of the molecule is C=Cc1ccc([Si](CO[SiH](C)C)(O[Si](C)(C)C)O[Si](C)(C)C)cc1. The van der Waals surface area contributed by atoms with Gasteiger partial charge in [-0.15, -0.1) is 0 Å². The van der Waals surface area contributed by atoms with Crippen LogP contribution in [0.1, 0.15) is 5.56 Å². The van der Waals surface area contributed by atoms with Gasteiger partial charge in [0.25, 0.3) is 0 Å². The van der Waals surface area contributed by atoms with Crippen molar-refractivity contribution in [1.29, 1.82) is 0 Å². The molecule has 0 amide bonds. The number of hydrogen-bond acceptors (Lipinski definition) is 3. The molecule has 0 fully saturated rings. The van der Waals surface area contributed by atoms with Crippen LogP contribution in [0.2, 0.25) is 52.4 Å². The highest BCUT2D eigenvalue weighted by Gasteiger charge is 2.47. The number of benzene rings is 1. The second-order valence-corrected chi connectivity index (χ2v) is 23.3. The standard InChI is InChI=1S/C17H34O3Si4/c1-10-16-11-13-17(14-12-16)24(15-18-21(2)3,19-22(4,5)6)20-23(7,8)9/h10-14,21H,1,15H2,2-9H3. The first-order valence-corrected chi connectivity index (χ1v) is 20.2. The minimum absolute atomic E-state index is 0.596. The average molecular weight is 399 g/mol. The Balaban J connectivity index is 3.37. The lowest BCUT2D eigenvalue weighted by Gasteiger charge is -2.41. The smallest absolute Gasteiger partial charge is 0.377 e. The highest BCUT2D eigenvalue weighted by atomic mass is 28.5. The molecule has 0 atom stereocenters. The summed E-state index contributed by atoms with van der Waals surface area (Å²) in [5.74, 6) is 0. The third kappa shape index (κ3) is 7.30. The van der Waals surface area contributed by atoms with E-state index in [2.05, 4.69) is 83.2 Å². The van der Waals surface area contributed by atoms with E-state index in [0.717, 1.165) is 5.56 Å². The van der Waals surface area contributed by atoms with Crippen LogP contribution in [0.25, 0.3) is 6.08 Å². The van der Waals surface area contributed by atoms with Crippen molar-refractivity contribution in [2.45, 2.75) is 52.4 Å².